The van der Waals surface area contributed by atoms with Crippen molar-refractivity contribution in [1.29, 1.82) is 0 Å². The standard InChI is InChI=1S/C15H13ClOSe/c1-17-13-9-7-12(8-10-13)11-15(16)18-14-5-3-2-4-6-14/h2-11H,1H3. The summed E-state index contributed by atoms with van der Waals surface area (Å²) in [5, 5.41) is 0. The first-order valence-corrected chi connectivity index (χ1v) is 7.61. The summed E-state index contributed by atoms with van der Waals surface area (Å²) >= 11 is 6.45. The SMILES string of the molecule is COc1ccc(C=C(Cl)[Se]c2ccccc2)cc1. The van der Waals surface area contributed by atoms with Crippen LogP contribution in [0.3, 0.4) is 0 Å². The summed E-state index contributed by atoms with van der Waals surface area (Å²) in [6, 6.07) is 18.2. The first-order valence-electron chi connectivity index (χ1n) is 5.52. The quantitative estimate of drug-likeness (QED) is 0.785. The predicted molar refractivity (Wildman–Crippen MR) is 78.7 cm³/mol. The first kappa shape index (κ1) is 13.2. The number of hydrogen-bond acceptors (Lipinski definition) is 1. The van der Waals surface area contributed by atoms with Crippen LogP contribution in [0.25, 0.3) is 6.08 Å². The van der Waals surface area contributed by atoms with Crippen molar-refractivity contribution in [3.8, 4) is 5.75 Å². The summed E-state index contributed by atoms with van der Waals surface area (Å²) in [6.45, 7) is 0. The normalized spacial score (nSPS) is 11.3. The summed E-state index contributed by atoms with van der Waals surface area (Å²) in [5.74, 6) is 0.858. The van der Waals surface area contributed by atoms with Gasteiger partial charge in [0.15, 0.2) is 0 Å². The van der Waals surface area contributed by atoms with Crippen molar-refractivity contribution in [1.82, 2.24) is 0 Å². The second-order valence-electron chi connectivity index (χ2n) is 3.64. The minimum atomic E-state index is 0.169. The van der Waals surface area contributed by atoms with Crippen LogP contribution in [0.4, 0.5) is 0 Å². The van der Waals surface area contributed by atoms with Crippen LogP contribution in [0.2, 0.25) is 0 Å². The molecule has 2 aromatic carbocycles. The van der Waals surface area contributed by atoms with E-state index < -0.39 is 0 Å². The molecular weight excluding hydrogens is 311 g/mol. The molecule has 0 N–H and O–H groups in total. The number of ether oxygens (including phenoxy) is 1. The molecule has 3 heteroatoms. The van der Waals surface area contributed by atoms with Crippen molar-refractivity contribution in [3.63, 3.8) is 0 Å². The van der Waals surface area contributed by atoms with Gasteiger partial charge in [0.1, 0.15) is 0 Å². The van der Waals surface area contributed by atoms with Gasteiger partial charge in [0.05, 0.1) is 0 Å². The molecule has 0 aliphatic rings. The van der Waals surface area contributed by atoms with Gasteiger partial charge < -0.3 is 0 Å². The molecule has 1 nitrogen and oxygen atoms in total. The van der Waals surface area contributed by atoms with Crippen LogP contribution >= 0.6 is 11.6 Å². The zero-order chi connectivity index (χ0) is 12.8. The van der Waals surface area contributed by atoms with Gasteiger partial charge >= 0.3 is 119 Å². The van der Waals surface area contributed by atoms with Crippen molar-refractivity contribution >= 4 is 37.1 Å². The summed E-state index contributed by atoms with van der Waals surface area (Å²) in [6.07, 6.45) is 2.01. The molecule has 18 heavy (non-hydrogen) atoms. The number of benzene rings is 2. The van der Waals surface area contributed by atoms with Crippen LogP contribution in [0, 0.1) is 0 Å². The van der Waals surface area contributed by atoms with Crippen LogP contribution in [-0.4, -0.2) is 22.1 Å². The molecule has 0 aliphatic carbocycles. The third-order valence-electron chi connectivity index (χ3n) is 2.35. The average molecular weight is 324 g/mol. The van der Waals surface area contributed by atoms with Crippen LogP contribution in [0.15, 0.2) is 58.5 Å². The van der Waals surface area contributed by atoms with Crippen molar-refractivity contribution in [3.05, 3.63) is 64.1 Å². The van der Waals surface area contributed by atoms with E-state index in [4.69, 9.17) is 16.3 Å². The average Bonchev–Trinajstić information content (AvgIpc) is 2.40. The van der Waals surface area contributed by atoms with E-state index >= 15 is 0 Å². The van der Waals surface area contributed by atoms with Crippen LogP contribution < -0.4 is 9.20 Å². The fourth-order valence-corrected chi connectivity index (χ4v) is 3.55. The molecule has 0 unspecified atom stereocenters. The minimum absolute atomic E-state index is 0.169. The Hall–Kier alpha value is -1.21. The Bertz CT molecular complexity index is 520. The monoisotopic (exact) mass is 324 g/mol. The van der Waals surface area contributed by atoms with E-state index in [9.17, 15) is 0 Å². The van der Waals surface area contributed by atoms with Crippen molar-refractivity contribution in [2.75, 3.05) is 7.11 Å². The topological polar surface area (TPSA) is 9.23 Å². The number of hydrogen-bond donors (Lipinski definition) is 0. The summed E-state index contributed by atoms with van der Waals surface area (Å²) < 4.78 is 7.29. The van der Waals surface area contributed by atoms with E-state index in [1.54, 1.807) is 7.11 Å². The molecule has 0 spiro atoms. The van der Waals surface area contributed by atoms with Crippen molar-refractivity contribution in [2.45, 2.75) is 0 Å². The summed E-state index contributed by atoms with van der Waals surface area (Å²) in [4.78, 5) is 0. The van der Waals surface area contributed by atoms with Crippen molar-refractivity contribution < 1.29 is 4.74 Å². The maximum atomic E-state index is 6.28. The van der Waals surface area contributed by atoms with E-state index in [0.717, 1.165) is 15.2 Å². The Labute approximate surface area is 119 Å². The van der Waals surface area contributed by atoms with Gasteiger partial charge in [-0.2, -0.15) is 0 Å². The molecule has 0 saturated carbocycles. The maximum absolute atomic E-state index is 6.28. The van der Waals surface area contributed by atoms with Crippen molar-refractivity contribution in [2.24, 2.45) is 0 Å². The predicted octanol–water partition coefficient (Wildman–Crippen LogP) is 3.26. The van der Waals surface area contributed by atoms with Gasteiger partial charge in [-0.25, -0.2) is 0 Å². The molecular formula is C15H13ClOSe. The zero-order valence-corrected chi connectivity index (χ0v) is 12.4. The van der Waals surface area contributed by atoms with Crippen LogP contribution in [-0.2, 0) is 0 Å². The van der Waals surface area contributed by atoms with Gasteiger partial charge in [0.25, 0.3) is 0 Å². The van der Waals surface area contributed by atoms with Gasteiger partial charge in [0, 0.05) is 0 Å². The molecule has 0 radical (unpaired) electrons. The molecule has 0 heterocycles. The van der Waals surface area contributed by atoms with E-state index in [-0.39, 0.29) is 15.0 Å². The first-order chi connectivity index (χ1) is 8.78. The zero-order valence-electron chi connectivity index (χ0n) is 9.97. The molecule has 0 fully saturated rings. The Balaban J connectivity index is 2.07. The second kappa shape index (κ2) is 6.65. The van der Waals surface area contributed by atoms with Gasteiger partial charge in [-0.15, -0.1) is 0 Å². The van der Waals surface area contributed by atoms with E-state index in [1.165, 1.54) is 4.46 Å². The number of halogens is 1. The molecule has 0 amide bonds. The molecule has 2 aromatic rings. The van der Waals surface area contributed by atoms with Gasteiger partial charge in [-0.05, 0) is 0 Å². The van der Waals surface area contributed by atoms with E-state index in [2.05, 4.69) is 12.1 Å². The molecule has 2 rings (SSSR count). The Kier molecular flexibility index (Phi) is 4.89. The van der Waals surface area contributed by atoms with E-state index in [1.807, 2.05) is 48.5 Å². The Morgan fingerprint density at radius 2 is 1.72 bits per heavy atom. The third kappa shape index (κ3) is 3.92. The molecule has 0 aromatic heterocycles. The molecule has 92 valence electrons. The Morgan fingerprint density at radius 3 is 2.33 bits per heavy atom. The third-order valence-corrected chi connectivity index (χ3v) is 4.59. The number of methoxy groups -OCH3 is 1. The second-order valence-corrected chi connectivity index (χ2v) is 6.89. The summed E-state index contributed by atoms with van der Waals surface area (Å²) in [5.41, 5.74) is 1.10. The summed E-state index contributed by atoms with van der Waals surface area (Å²) in [7, 11) is 1.66. The molecule has 0 bridgehead atoms. The van der Waals surface area contributed by atoms with Crippen LogP contribution in [0.5, 0.6) is 5.75 Å². The van der Waals surface area contributed by atoms with E-state index in [0.29, 0.717) is 0 Å². The van der Waals surface area contributed by atoms with Gasteiger partial charge in [0.2, 0.25) is 0 Å². The fourth-order valence-electron chi connectivity index (χ4n) is 1.46. The molecule has 0 saturated heterocycles. The number of rotatable bonds is 4. The van der Waals surface area contributed by atoms with Gasteiger partial charge in [-0.1, -0.05) is 0 Å². The van der Waals surface area contributed by atoms with Gasteiger partial charge in [-0.3, -0.25) is 0 Å². The Morgan fingerprint density at radius 1 is 1.06 bits per heavy atom. The fraction of sp³-hybridized carbons (Fsp3) is 0.0667. The molecule has 0 atom stereocenters. The molecule has 0 aliphatic heterocycles. The van der Waals surface area contributed by atoms with Crippen LogP contribution in [0.1, 0.15) is 5.56 Å².